The topological polar surface area (TPSA) is 60.8 Å². The van der Waals surface area contributed by atoms with Crippen LogP contribution in [0.2, 0.25) is 0 Å². The Kier molecular flexibility index (Phi) is 4.93. The summed E-state index contributed by atoms with van der Waals surface area (Å²) in [6.45, 7) is 2.61. The maximum atomic E-state index is 11.4. The Morgan fingerprint density at radius 2 is 2.11 bits per heavy atom. The molecule has 0 spiro atoms. The van der Waals surface area contributed by atoms with Gasteiger partial charge in [-0.05, 0) is 30.9 Å². The predicted molar refractivity (Wildman–Crippen MR) is 73.1 cm³/mol. The van der Waals surface area contributed by atoms with E-state index in [1.54, 1.807) is 0 Å². The molecule has 0 aromatic heterocycles. The zero-order valence-electron chi connectivity index (χ0n) is 11.0. The number of aliphatic hydroxyl groups is 1. The van der Waals surface area contributed by atoms with Crippen LogP contribution in [0.4, 0.5) is 0 Å². The van der Waals surface area contributed by atoms with Gasteiger partial charge in [-0.2, -0.15) is 0 Å². The molecule has 2 atom stereocenters. The Labute approximate surface area is 113 Å². The van der Waals surface area contributed by atoms with Crippen molar-refractivity contribution >= 4 is 5.97 Å². The van der Waals surface area contributed by atoms with Gasteiger partial charge in [0, 0.05) is 19.7 Å². The minimum absolute atomic E-state index is 0.222. The molecule has 1 aliphatic rings. The molecule has 1 saturated heterocycles. The van der Waals surface area contributed by atoms with Gasteiger partial charge in [-0.1, -0.05) is 30.3 Å². The Morgan fingerprint density at radius 3 is 2.74 bits per heavy atom. The fourth-order valence-corrected chi connectivity index (χ4v) is 2.77. The number of aliphatic carboxylic acids is 1. The Hall–Kier alpha value is -1.39. The molecule has 1 aromatic carbocycles. The largest absolute Gasteiger partial charge is 0.481 e. The van der Waals surface area contributed by atoms with E-state index in [2.05, 4.69) is 4.90 Å². The molecular formula is C15H21NO3. The van der Waals surface area contributed by atoms with Crippen molar-refractivity contribution in [1.82, 2.24) is 4.90 Å². The first kappa shape index (κ1) is 14.0. The summed E-state index contributed by atoms with van der Waals surface area (Å²) in [7, 11) is 0. The smallest absolute Gasteiger partial charge is 0.312 e. The first-order valence-electron chi connectivity index (χ1n) is 6.81. The third-order valence-electron chi connectivity index (χ3n) is 3.85. The first-order chi connectivity index (χ1) is 9.20. The zero-order valence-corrected chi connectivity index (χ0v) is 11.0. The molecule has 2 N–H and O–H groups in total. The molecule has 4 nitrogen and oxygen atoms in total. The second-order valence-corrected chi connectivity index (χ2v) is 5.23. The maximum Gasteiger partial charge on any atom is 0.312 e. The van der Waals surface area contributed by atoms with Gasteiger partial charge >= 0.3 is 5.97 Å². The fraction of sp³-hybridized carbons (Fsp3) is 0.533. The van der Waals surface area contributed by atoms with Crippen LogP contribution < -0.4 is 0 Å². The first-order valence-corrected chi connectivity index (χ1v) is 6.81. The summed E-state index contributed by atoms with van der Waals surface area (Å²) in [5.41, 5.74) is 0.862. The normalized spacial score (nSPS) is 21.4. The highest BCUT2D eigenvalue weighted by Crippen LogP contribution is 2.24. The van der Waals surface area contributed by atoms with E-state index in [1.165, 1.54) is 0 Å². The Bertz CT molecular complexity index is 407. The van der Waals surface area contributed by atoms with E-state index in [0.29, 0.717) is 12.5 Å². The van der Waals surface area contributed by atoms with Crippen molar-refractivity contribution in [3.63, 3.8) is 0 Å². The van der Waals surface area contributed by atoms with Crippen LogP contribution in [-0.4, -0.2) is 47.3 Å². The summed E-state index contributed by atoms with van der Waals surface area (Å²) < 4.78 is 0. The molecule has 104 valence electrons. The second kappa shape index (κ2) is 6.68. The van der Waals surface area contributed by atoms with E-state index in [4.69, 9.17) is 5.11 Å². The standard InChI is InChI=1S/C15H21NO3/c17-9-7-12-6-8-16(10-12)11-14(15(18)19)13-4-2-1-3-5-13/h1-5,12,14,17H,6-11H2,(H,18,19). The molecule has 4 heteroatoms. The van der Waals surface area contributed by atoms with Crippen LogP contribution >= 0.6 is 0 Å². The lowest BCUT2D eigenvalue weighted by Gasteiger charge is -2.21. The number of carboxylic acid groups (broad SMARTS) is 1. The zero-order chi connectivity index (χ0) is 13.7. The minimum Gasteiger partial charge on any atom is -0.481 e. The van der Waals surface area contributed by atoms with E-state index in [0.717, 1.165) is 31.5 Å². The summed E-state index contributed by atoms with van der Waals surface area (Å²) in [5.74, 6) is -0.721. The van der Waals surface area contributed by atoms with E-state index in [1.807, 2.05) is 30.3 Å². The van der Waals surface area contributed by atoms with Gasteiger partial charge in [0.25, 0.3) is 0 Å². The number of hydrogen-bond acceptors (Lipinski definition) is 3. The predicted octanol–water partition coefficient (Wildman–Crippen LogP) is 1.56. The van der Waals surface area contributed by atoms with E-state index in [9.17, 15) is 9.90 Å². The van der Waals surface area contributed by atoms with Crippen molar-refractivity contribution in [2.24, 2.45) is 5.92 Å². The Balaban J connectivity index is 1.97. The average Bonchev–Trinajstić information content (AvgIpc) is 2.85. The van der Waals surface area contributed by atoms with Crippen LogP contribution in [0.25, 0.3) is 0 Å². The van der Waals surface area contributed by atoms with Gasteiger partial charge in [0.1, 0.15) is 0 Å². The number of hydrogen-bond donors (Lipinski definition) is 2. The molecule has 1 heterocycles. The number of aliphatic hydroxyl groups excluding tert-OH is 1. The average molecular weight is 263 g/mol. The van der Waals surface area contributed by atoms with Gasteiger partial charge in [0.2, 0.25) is 0 Å². The van der Waals surface area contributed by atoms with Crippen LogP contribution in [-0.2, 0) is 4.79 Å². The van der Waals surface area contributed by atoms with E-state index < -0.39 is 11.9 Å². The highest BCUT2D eigenvalue weighted by atomic mass is 16.4. The third-order valence-corrected chi connectivity index (χ3v) is 3.85. The highest BCUT2D eigenvalue weighted by molar-refractivity contribution is 5.76. The maximum absolute atomic E-state index is 11.4. The lowest BCUT2D eigenvalue weighted by Crippen LogP contribution is -2.30. The van der Waals surface area contributed by atoms with Gasteiger partial charge in [-0.25, -0.2) is 0 Å². The van der Waals surface area contributed by atoms with Crippen LogP contribution in [0.3, 0.4) is 0 Å². The monoisotopic (exact) mass is 263 g/mol. The number of benzene rings is 1. The summed E-state index contributed by atoms with van der Waals surface area (Å²) in [5, 5.41) is 18.3. The van der Waals surface area contributed by atoms with Crippen LogP contribution in [0.5, 0.6) is 0 Å². The van der Waals surface area contributed by atoms with Crippen molar-refractivity contribution in [3.8, 4) is 0 Å². The van der Waals surface area contributed by atoms with Gasteiger partial charge in [-0.15, -0.1) is 0 Å². The van der Waals surface area contributed by atoms with Crippen molar-refractivity contribution in [1.29, 1.82) is 0 Å². The van der Waals surface area contributed by atoms with Crippen molar-refractivity contribution in [3.05, 3.63) is 35.9 Å². The fourth-order valence-electron chi connectivity index (χ4n) is 2.77. The molecule has 0 bridgehead atoms. The van der Waals surface area contributed by atoms with Crippen LogP contribution in [0, 0.1) is 5.92 Å². The third kappa shape index (κ3) is 3.78. The molecule has 1 aromatic rings. The summed E-state index contributed by atoms with van der Waals surface area (Å²) in [6, 6.07) is 9.41. The quantitative estimate of drug-likeness (QED) is 0.817. The summed E-state index contributed by atoms with van der Waals surface area (Å²) in [6.07, 6.45) is 1.88. The van der Waals surface area contributed by atoms with Gasteiger partial charge < -0.3 is 15.1 Å². The number of likely N-dealkylation sites (tertiary alicyclic amines) is 1. The van der Waals surface area contributed by atoms with Gasteiger partial charge in [0.05, 0.1) is 5.92 Å². The van der Waals surface area contributed by atoms with Crippen molar-refractivity contribution in [2.45, 2.75) is 18.8 Å². The number of carbonyl (C=O) groups is 1. The molecule has 0 saturated carbocycles. The van der Waals surface area contributed by atoms with Crippen LogP contribution in [0.1, 0.15) is 24.3 Å². The molecule has 1 fully saturated rings. The molecule has 2 rings (SSSR count). The lowest BCUT2D eigenvalue weighted by atomic mass is 9.99. The summed E-state index contributed by atoms with van der Waals surface area (Å²) >= 11 is 0. The minimum atomic E-state index is -0.767. The van der Waals surface area contributed by atoms with Gasteiger partial charge in [0.15, 0.2) is 0 Å². The van der Waals surface area contributed by atoms with Crippen molar-refractivity contribution in [2.75, 3.05) is 26.2 Å². The van der Waals surface area contributed by atoms with Crippen LogP contribution in [0.15, 0.2) is 30.3 Å². The highest BCUT2D eigenvalue weighted by Gasteiger charge is 2.28. The van der Waals surface area contributed by atoms with Crippen molar-refractivity contribution < 1.29 is 15.0 Å². The van der Waals surface area contributed by atoms with E-state index in [-0.39, 0.29) is 6.61 Å². The number of carboxylic acids is 1. The van der Waals surface area contributed by atoms with E-state index >= 15 is 0 Å². The molecule has 19 heavy (non-hydrogen) atoms. The number of nitrogens with zero attached hydrogens (tertiary/aromatic N) is 1. The number of rotatable bonds is 6. The second-order valence-electron chi connectivity index (χ2n) is 5.23. The molecule has 0 amide bonds. The SMILES string of the molecule is O=C(O)C(CN1CCC(CCO)C1)c1ccccc1. The Morgan fingerprint density at radius 1 is 1.37 bits per heavy atom. The molecule has 2 unspecified atom stereocenters. The summed E-state index contributed by atoms with van der Waals surface area (Å²) in [4.78, 5) is 13.6. The molecule has 0 aliphatic carbocycles. The molecule has 1 aliphatic heterocycles. The lowest BCUT2D eigenvalue weighted by molar-refractivity contribution is -0.139. The van der Waals surface area contributed by atoms with Gasteiger partial charge in [-0.3, -0.25) is 4.79 Å². The molecular weight excluding hydrogens is 242 g/mol. The molecule has 0 radical (unpaired) electrons.